The lowest BCUT2D eigenvalue weighted by atomic mass is 9.86. The fraction of sp³-hybridized carbons (Fsp3) is 0.217. The maximum Gasteiger partial charge on any atom is 0.0781 e. The summed E-state index contributed by atoms with van der Waals surface area (Å²) < 4.78 is 1.31. The van der Waals surface area contributed by atoms with Crippen LogP contribution >= 0.6 is 23.1 Å². The zero-order chi connectivity index (χ0) is 17.5. The molecule has 0 saturated heterocycles. The number of rotatable bonds is 5. The van der Waals surface area contributed by atoms with Crippen molar-refractivity contribution in [3.8, 4) is 11.8 Å². The maximum atomic E-state index is 3.38. The average Bonchev–Trinajstić information content (AvgIpc) is 3.02. The number of thiophene rings is 1. The Labute approximate surface area is 159 Å². The van der Waals surface area contributed by atoms with Crippen molar-refractivity contribution in [2.24, 2.45) is 5.41 Å². The predicted molar refractivity (Wildman–Crippen MR) is 113 cm³/mol. The summed E-state index contributed by atoms with van der Waals surface area (Å²) in [7, 11) is 0. The second kappa shape index (κ2) is 8.43. The summed E-state index contributed by atoms with van der Waals surface area (Å²) in [5.41, 5.74) is 0.192. The second-order valence-electron chi connectivity index (χ2n) is 6.80. The van der Waals surface area contributed by atoms with Crippen LogP contribution in [0, 0.1) is 17.3 Å². The van der Waals surface area contributed by atoms with E-state index in [1.165, 1.54) is 15.0 Å². The summed E-state index contributed by atoms with van der Waals surface area (Å²) in [5, 5.41) is 3.48. The summed E-state index contributed by atoms with van der Waals surface area (Å²) in [6.45, 7) is 4.56. The van der Waals surface area contributed by atoms with E-state index in [0.29, 0.717) is 0 Å². The van der Waals surface area contributed by atoms with Gasteiger partial charge in [-0.05, 0) is 46.9 Å². The summed E-state index contributed by atoms with van der Waals surface area (Å²) in [5.74, 6) is 6.73. The number of fused-ring (bicyclic) bond motifs is 1. The van der Waals surface area contributed by atoms with Crippen LogP contribution in [0.1, 0.15) is 31.6 Å². The molecule has 0 N–H and O–H groups in total. The van der Waals surface area contributed by atoms with E-state index in [2.05, 4.69) is 91.8 Å². The van der Waals surface area contributed by atoms with Crippen molar-refractivity contribution < 1.29 is 0 Å². The van der Waals surface area contributed by atoms with Crippen LogP contribution in [0.5, 0.6) is 0 Å². The molecule has 0 amide bonds. The lowest BCUT2D eigenvalue weighted by Crippen LogP contribution is -2.08. The van der Waals surface area contributed by atoms with Gasteiger partial charge in [-0.15, -0.1) is 11.3 Å². The Morgan fingerprint density at radius 3 is 2.60 bits per heavy atom. The largest absolute Gasteiger partial charge is 0.127 e. The lowest BCUT2D eigenvalue weighted by molar-refractivity contribution is 0.383. The Kier molecular flexibility index (Phi) is 6.02. The first-order chi connectivity index (χ1) is 12.1. The Hall–Kier alpha value is -1.95. The molecule has 1 heterocycles. The van der Waals surface area contributed by atoms with Gasteiger partial charge >= 0.3 is 0 Å². The van der Waals surface area contributed by atoms with Crippen LogP contribution in [0.3, 0.4) is 0 Å². The van der Waals surface area contributed by atoms with Crippen LogP contribution < -0.4 is 0 Å². The Morgan fingerprint density at radius 2 is 1.80 bits per heavy atom. The van der Waals surface area contributed by atoms with Gasteiger partial charge in [0.2, 0.25) is 0 Å². The Bertz CT molecular complexity index is 872. The van der Waals surface area contributed by atoms with Crippen molar-refractivity contribution in [1.29, 1.82) is 0 Å². The standard InChI is InChI=1S/C23H22S2/c1-23(2,16-9-17-24-20-11-4-3-5-12-20)15-8-13-21-18-19-10-6-7-14-22(19)25-21/h3-7,9-12,14,17-18H,15-16H2,1-2H3. The molecule has 0 aliphatic rings. The van der Waals surface area contributed by atoms with E-state index in [1.807, 2.05) is 6.07 Å². The SMILES string of the molecule is CC(C)(CC#Cc1cc2ccccc2s1)CC=CSc1ccccc1. The highest BCUT2D eigenvalue weighted by Crippen LogP contribution is 2.28. The molecule has 0 unspecified atom stereocenters. The molecule has 0 saturated carbocycles. The molecule has 0 spiro atoms. The molecule has 126 valence electrons. The number of hydrogen-bond acceptors (Lipinski definition) is 2. The minimum Gasteiger partial charge on any atom is -0.127 e. The number of hydrogen-bond donors (Lipinski definition) is 0. The zero-order valence-corrected chi connectivity index (χ0v) is 16.3. The van der Waals surface area contributed by atoms with Crippen molar-refractivity contribution >= 4 is 33.2 Å². The van der Waals surface area contributed by atoms with E-state index < -0.39 is 0 Å². The topological polar surface area (TPSA) is 0 Å². The molecule has 1 aromatic heterocycles. The first-order valence-electron chi connectivity index (χ1n) is 8.47. The van der Waals surface area contributed by atoms with E-state index in [0.717, 1.165) is 17.7 Å². The van der Waals surface area contributed by atoms with Crippen LogP contribution in [-0.2, 0) is 0 Å². The van der Waals surface area contributed by atoms with Gasteiger partial charge in [0.1, 0.15) is 0 Å². The summed E-state index contributed by atoms with van der Waals surface area (Å²) >= 11 is 3.55. The van der Waals surface area contributed by atoms with Crippen molar-refractivity contribution in [1.82, 2.24) is 0 Å². The van der Waals surface area contributed by atoms with Crippen LogP contribution in [0.2, 0.25) is 0 Å². The molecule has 2 aromatic carbocycles. The minimum atomic E-state index is 0.192. The normalized spacial score (nSPS) is 11.6. The fourth-order valence-electron chi connectivity index (χ4n) is 2.48. The predicted octanol–water partition coefficient (Wildman–Crippen LogP) is 7.37. The highest BCUT2D eigenvalue weighted by molar-refractivity contribution is 8.02. The molecule has 2 heteroatoms. The first-order valence-corrected chi connectivity index (χ1v) is 10.2. The van der Waals surface area contributed by atoms with Gasteiger partial charge in [-0.1, -0.05) is 79.9 Å². The number of thioether (sulfide) groups is 1. The van der Waals surface area contributed by atoms with Gasteiger partial charge in [-0.25, -0.2) is 0 Å². The lowest BCUT2D eigenvalue weighted by Gasteiger charge is -2.19. The van der Waals surface area contributed by atoms with Gasteiger partial charge in [-0.3, -0.25) is 0 Å². The van der Waals surface area contributed by atoms with E-state index in [1.54, 1.807) is 23.1 Å². The van der Waals surface area contributed by atoms with Gasteiger partial charge in [0.25, 0.3) is 0 Å². The second-order valence-corrected chi connectivity index (χ2v) is 8.86. The summed E-state index contributed by atoms with van der Waals surface area (Å²) in [4.78, 5) is 2.44. The monoisotopic (exact) mass is 362 g/mol. The third-order valence-corrected chi connectivity index (χ3v) is 5.82. The summed E-state index contributed by atoms with van der Waals surface area (Å²) in [6.07, 6.45) is 4.20. The minimum absolute atomic E-state index is 0.192. The molecule has 3 aromatic rings. The van der Waals surface area contributed by atoms with Crippen molar-refractivity contribution in [3.63, 3.8) is 0 Å². The van der Waals surface area contributed by atoms with Crippen molar-refractivity contribution in [2.45, 2.75) is 31.6 Å². The van der Waals surface area contributed by atoms with E-state index in [-0.39, 0.29) is 5.41 Å². The number of allylic oxidation sites excluding steroid dienone is 1. The molecule has 0 aliphatic heterocycles. The third-order valence-electron chi connectivity index (χ3n) is 3.92. The highest BCUT2D eigenvalue weighted by Gasteiger charge is 2.14. The average molecular weight is 363 g/mol. The molecule has 0 nitrogen and oxygen atoms in total. The molecule has 0 atom stereocenters. The number of benzene rings is 2. The highest BCUT2D eigenvalue weighted by atomic mass is 32.2. The molecular formula is C23H22S2. The van der Waals surface area contributed by atoms with Crippen LogP contribution in [-0.4, -0.2) is 0 Å². The van der Waals surface area contributed by atoms with Crippen LogP contribution in [0.25, 0.3) is 10.1 Å². The van der Waals surface area contributed by atoms with E-state index in [4.69, 9.17) is 0 Å². The Morgan fingerprint density at radius 1 is 1.04 bits per heavy atom. The van der Waals surface area contributed by atoms with E-state index in [9.17, 15) is 0 Å². The van der Waals surface area contributed by atoms with Gasteiger partial charge < -0.3 is 0 Å². The molecule has 0 bridgehead atoms. The van der Waals surface area contributed by atoms with Gasteiger partial charge in [0.15, 0.2) is 0 Å². The Balaban J connectivity index is 1.53. The summed E-state index contributed by atoms with van der Waals surface area (Å²) in [6, 6.07) is 21.1. The van der Waals surface area contributed by atoms with Crippen LogP contribution in [0.4, 0.5) is 0 Å². The molecule has 0 aliphatic carbocycles. The molecule has 0 fully saturated rings. The van der Waals surface area contributed by atoms with Gasteiger partial charge in [0, 0.05) is 16.0 Å². The molecule has 25 heavy (non-hydrogen) atoms. The van der Waals surface area contributed by atoms with Crippen LogP contribution in [0.15, 0.2) is 77.0 Å². The maximum absolute atomic E-state index is 3.38. The first kappa shape index (κ1) is 17.9. The zero-order valence-electron chi connectivity index (χ0n) is 14.7. The fourth-order valence-corrected chi connectivity index (χ4v) is 4.08. The molecule has 0 radical (unpaired) electrons. The van der Waals surface area contributed by atoms with Crippen molar-refractivity contribution in [2.75, 3.05) is 0 Å². The van der Waals surface area contributed by atoms with Gasteiger partial charge in [-0.2, -0.15) is 0 Å². The third kappa shape index (κ3) is 5.53. The van der Waals surface area contributed by atoms with Crippen molar-refractivity contribution in [3.05, 3.63) is 77.0 Å². The molecular weight excluding hydrogens is 340 g/mol. The molecule has 3 rings (SSSR count). The smallest absolute Gasteiger partial charge is 0.0781 e. The quantitative estimate of drug-likeness (QED) is 0.337. The van der Waals surface area contributed by atoms with E-state index >= 15 is 0 Å². The van der Waals surface area contributed by atoms with Gasteiger partial charge in [0.05, 0.1) is 4.88 Å².